The van der Waals surface area contributed by atoms with E-state index in [4.69, 9.17) is 5.11 Å². The first-order chi connectivity index (χ1) is 9.73. The van der Waals surface area contributed by atoms with Gasteiger partial charge in [0, 0.05) is 17.6 Å². The number of sulfonamides is 1. The quantitative estimate of drug-likeness (QED) is 0.791. The number of aromatic carboxylic acids is 1. The molecule has 1 rings (SSSR count). The van der Waals surface area contributed by atoms with Crippen molar-refractivity contribution in [2.45, 2.75) is 32.1 Å². The fourth-order valence-electron chi connectivity index (χ4n) is 1.85. The highest BCUT2D eigenvalue weighted by atomic mass is 79.9. The largest absolute Gasteiger partial charge is 0.478 e. The molecule has 0 spiro atoms. The summed E-state index contributed by atoms with van der Waals surface area (Å²) < 4.78 is 27.0. The van der Waals surface area contributed by atoms with Crippen molar-refractivity contribution in [3.63, 3.8) is 0 Å². The van der Waals surface area contributed by atoms with Gasteiger partial charge in [0.25, 0.3) is 0 Å². The van der Waals surface area contributed by atoms with Crippen molar-refractivity contribution >= 4 is 31.9 Å². The number of carbonyl (C=O) groups is 1. The van der Waals surface area contributed by atoms with Gasteiger partial charge < -0.3 is 5.11 Å². The van der Waals surface area contributed by atoms with E-state index in [0.29, 0.717) is 17.6 Å². The molecule has 1 atom stereocenters. The zero-order valence-electron chi connectivity index (χ0n) is 12.3. The van der Waals surface area contributed by atoms with Gasteiger partial charge in [-0.15, -0.1) is 0 Å². The first kappa shape index (κ1) is 18.1. The van der Waals surface area contributed by atoms with E-state index < -0.39 is 16.0 Å². The van der Waals surface area contributed by atoms with E-state index in [1.54, 1.807) is 6.92 Å². The molecule has 118 valence electrons. The maximum absolute atomic E-state index is 12.6. The standard InChI is InChI=1S/C14H20BrNO4S/c1-4-10(3)9-16(5-2)21(19,20)11-6-7-13(15)12(8-11)14(17)18/h6-8,10H,4-5,9H2,1-3H3,(H,17,18). The lowest BCUT2D eigenvalue weighted by molar-refractivity contribution is 0.0695. The minimum Gasteiger partial charge on any atom is -0.478 e. The van der Waals surface area contributed by atoms with Crippen LogP contribution in [0.2, 0.25) is 0 Å². The predicted octanol–water partition coefficient (Wildman–Crippen LogP) is 3.20. The Morgan fingerprint density at radius 1 is 1.38 bits per heavy atom. The molecule has 5 nitrogen and oxygen atoms in total. The van der Waals surface area contributed by atoms with Crippen molar-refractivity contribution in [2.24, 2.45) is 5.92 Å². The zero-order valence-corrected chi connectivity index (χ0v) is 14.7. The summed E-state index contributed by atoms with van der Waals surface area (Å²) in [5.41, 5.74) is -0.0596. The lowest BCUT2D eigenvalue weighted by atomic mass is 10.1. The van der Waals surface area contributed by atoms with Crippen LogP contribution < -0.4 is 0 Å². The summed E-state index contributed by atoms with van der Waals surface area (Å²) >= 11 is 3.11. The number of carboxylic acid groups (broad SMARTS) is 1. The van der Waals surface area contributed by atoms with E-state index in [9.17, 15) is 13.2 Å². The van der Waals surface area contributed by atoms with Gasteiger partial charge in [0.05, 0.1) is 10.5 Å². The van der Waals surface area contributed by atoms with Crippen LogP contribution in [-0.4, -0.2) is 36.9 Å². The van der Waals surface area contributed by atoms with Gasteiger partial charge in [0.15, 0.2) is 0 Å². The molecular formula is C14H20BrNO4S. The van der Waals surface area contributed by atoms with Crippen LogP contribution in [0.25, 0.3) is 0 Å². The number of nitrogens with zero attached hydrogens (tertiary/aromatic N) is 1. The van der Waals surface area contributed by atoms with Crippen molar-refractivity contribution in [1.82, 2.24) is 4.31 Å². The molecule has 0 heterocycles. The molecule has 0 aliphatic heterocycles. The Labute approximate surface area is 134 Å². The van der Waals surface area contributed by atoms with Crippen molar-refractivity contribution in [2.75, 3.05) is 13.1 Å². The summed E-state index contributed by atoms with van der Waals surface area (Å²) in [5.74, 6) is -0.919. The molecule has 1 unspecified atom stereocenters. The number of carboxylic acids is 1. The third-order valence-corrected chi connectivity index (χ3v) is 6.00. The lowest BCUT2D eigenvalue weighted by Crippen LogP contribution is -2.34. The second-order valence-electron chi connectivity index (χ2n) is 4.92. The molecule has 0 aromatic heterocycles. The average molecular weight is 378 g/mol. The Balaban J connectivity index is 3.23. The number of benzene rings is 1. The van der Waals surface area contributed by atoms with Crippen LogP contribution in [0.15, 0.2) is 27.6 Å². The van der Waals surface area contributed by atoms with Crippen molar-refractivity contribution in [3.8, 4) is 0 Å². The highest BCUT2D eigenvalue weighted by Gasteiger charge is 2.25. The molecule has 0 aliphatic carbocycles. The summed E-state index contributed by atoms with van der Waals surface area (Å²) in [6.07, 6.45) is 0.882. The van der Waals surface area contributed by atoms with Gasteiger partial charge in [-0.25, -0.2) is 13.2 Å². The fourth-order valence-corrected chi connectivity index (χ4v) is 3.86. The van der Waals surface area contributed by atoms with E-state index in [1.165, 1.54) is 22.5 Å². The lowest BCUT2D eigenvalue weighted by Gasteiger charge is -2.23. The van der Waals surface area contributed by atoms with Crippen LogP contribution in [0.1, 0.15) is 37.6 Å². The first-order valence-electron chi connectivity index (χ1n) is 6.77. The van der Waals surface area contributed by atoms with Gasteiger partial charge in [-0.05, 0) is 40.0 Å². The van der Waals surface area contributed by atoms with Gasteiger partial charge in [0.1, 0.15) is 0 Å². The summed E-state index contributed by atoms with van der Waals surface area (Å²) in [4.78, 5) is 11.1. The van der Waals surface area contributed by atoms with Crippen LogP contribution in [0.4, 0.5) is 0 Å². The number of rotatable bonds is 7. The topological polar surface area (TPSA) is 74.7 Å². The minimum absolute atomic E-state index is 0.00764. The van der Waals surface area contributed by atoms with Gasteiger partial charge in [0.2, 0.25) is 10.0 Å². The van der Waals surface area contributed by atoms with E-state index in [0.717, 1.165) is 6.42 Å². The predicted molar refractivity (Wildman–Crippen MR) is 85.0 cm³/mol. The van der Waals surface area contributed by atoms with Crippen molar-refractivity contribution < 1.29 is 18.3 Å². The monoisotopic (exact) mass is 377 g/mol. The average Bonchev–Trinajstić information content (AvgIpc) is 2.43. The molecule has 0 saturated carbocycles. The zero-order chi connectivity index (χ0) is 16.2. The second-order valence-corrected chi connectivity index (χ2v) is 7.71. The van der Waals surface area contributed by atoms with Crippen LogP contribution in [-0.2, 0) is 10.0 Å². The van der Waals surface area contributed by atoms with Gasteiger partial charge >= 0.3 is 5.97 Å². The Bertz CT molecular complexity index is 615. The van der Waals surface area contributed by atoms with E-state index >= 15 is 0 Å². The maximum atomic E-state index is 12.6. The summed E-state index contributed by atoms with van der Waals surface area (Å²) in [6.45, 7) is 6.55. The van der Waals surface area contributed by atoms with Crippen LogP contribution in [0, 0.1) is 5.92 Å². The van der Waals surface area contributed by atoms with Crippen molar-refractivity contribution in [3.05, 3.63) is 28.2 Å². The Morgan fingerprint density at radius 3 is 2.48 bits per heavy atom. The molecule has 0 saturated heterocycles. The molecular weight excluding hydrogens is 358 g/mol. The van der Waals surface area contributed by atoms with Gasteiger partial charge in [-0.2, -0.15) is 4.31 Å². The number of hydrogen-bond acceptors (Lipinski definition) is 3. The highest BCUT2D eigenvalue weighted by Crippen LogP contribution is 2.24. The van der Waals surface area contributed by atoms with E-state index in [2.05, 4.69) is 15.9 Å². The molecule has 21 heavy (non-hydrogen) atoms. The third kappa shape index (κ3) is 4.28. The fraction of sp³-hybridized carbons (Fsp3) is 0.500. The Hall–Kier alpha value is -0.920. The Kier molecular flexibility index (Phi) is 6.37. The second kappa shape index (κ2) is 7.38. The number of halogens is 1. The van der Waals surface area contributed by atoms with Crippen LogP contribution >= 0.6 is 15.9 Å². The van der Waals surface area contributed by atoms with Crippen LogP contribution in [0.5, 0.6) is 0 Å². The first-order valence-corrected chi connectivity index (χ1v) is 9.00. The van der Waals surface area contributed by atoms with Crippen LogP contribution in [0.3, 0.4) is 0 Å². The number of hydrogen-bond donors (Lipinski definition) is 1. The SMILES string of the molecule is CCC(C)CN(CC)S(=O)(=O)c1ccc(Br)c(C(=O)O)c1. The molecule has 0 bridgehead atoms. The smallest absolute Gasteiger partial charge is 0.336 e. The maximum Gasteiger partial charge on any atom is 0.336 e. The highest BCUT2D eigenvalue weighted by molar-refractivity contribution is 9.10. The van der Waals surface area contributed by atoms with E-state index in [-0.39, 0.29) is 16.4 Å². The molecule has 1 N–H and O–H groups in total. The molecule has 1 aromatic rings. The summed E-state index contributed by atoms with van der Waals surface area (Å²) in [7, 11) is -3.68. The molecule has 0 amide bonds. The summed E-state index contributed by atoms with van der Waals surface area (Å²) in [6, 6.07) is 4.07. The molecule has 0 fully saturated rings. The molecule has 0 radical (unpaired) electrons. The molecule has 1 aromatic carbocycles. The molecule has 7 heteroatoms. The summed E-state index contributed by atoms with van der Waals surface area (Å²) in [5, 5.41) is 9.10. The van der Waals surface area contributed by atoms with Gasteiger partial charge in [-0.1, -0.05) is 27.2 Å². The minimum atomic E-state index is -3.68. The third-order valence-electron chi connectivity index (χ3n) is 3.37. The van der Waals surface area contributed by atoms with Gasteiger partial charge in [-0.3, -0.25) is 0 Å². The van der Waals surface area contributed by atoms with E-state index in [1.807, 2.05) is 13.8 Å². The Morgan fingerprint density at radius 2 is 2.00 bits per heavy atom. The normalized spacial score (nSPS) is 13.4. The molecule has 0 aliphatic rings. The van der Waals surface area contributed by atoms with Crippen molar-refractivity contribution in [1.29, 1.82) is 0 Å².